The Kier molecular flexibility index (Phi) is 3.85. The summed E-state index contributed by atoms with van der Waals surface area (Å²) in [5.74, 6) is 0.517. The number of rotatable bonds is 3. The van der Waals surface area contributed by atoms with Gasteiger partial charge in [0, 0.05) is 11.6 Å². The highest BCUT2D eigenvalue weighted by Crippen LogP contribution is 2.38. The molecule has 0 aromatic carbocycles. The second-order valence-corrected chi connectivity index (χ2v) is 6.22. The summed E-state index contributed by atoms with van der Waals surface area (Å²) in [7, 11) is 1.39. The van der Waals surface area contributed by atoms with Crippen molar-refractivity contribution >= 4 is 11.8 Å². The summed E-state index contributed by atoms with van der Waals surface area (Å²) >= 11 is 0. The van der Waals surface area contributed by atoms with Gasteiger partial charge in [0.25, 0.3) is 0 Å². The molecule has 1 aliphatic carbocycles. The van der Waals surface area contributed by atoms with Crippen LogP contribution in [0.3, 0.4) is 0 Å². The summed E-state index contributed by atoms with van der Waals surface area (Å²) in [5, 5.41) is 7.20. The number of piperidine rings is 1. The third kappa shape index (κ3) is 2.88. The van der Waals surface area contributed by atoms with Gasteiger partial charge in [-0.1, -0.05) is 0 Å². The van der Waals surface area contributed by atoms with E-state index in [0.29, 0.717) is 22.8 Å². The second-order valence-electron chi connectivity index (χ2n) is 6.22. The van der Waals surface area contributed by atoms with Gasteiger partial charge in [-0.05, 0) is 57.7 Å². The van der Waals surface area contributed by atoms with Crippen LogP contribution in [0.25, 0.3) is 0 Å². The average Bonchev–Trinajstić information content (AvgIpc) is 2.45. The lowest BCUT2D eigenvalue weighted by molar-refractivity contribution is 0.0599. The predicted molar refractivity (Wildman–Crippen MR) is 81.5 cm³/mol. The molecule has 1 aliphatic heterocycles. The van der Waals surface area contributed by atoms with E-state index in [2.05, 4.69) is 15.6 Å². The lowest BCUT2D eigenvalue weighted by Crippen LogP contribution is -2.58. The van der Waals surface area contributed by atoms with E-state index in [1.807, 2.05) is 13.0 Å². The fraction of sp³-hybridized carbons (Fsp3) is 0.625. The van der Waals surface area contributed by atoms with E-state index in [0.717, 1.165) is 25.2 Å². The molecule has 2 aliphatic rings. The molecule has 2 N–H and O–H groups in total. The van der Waals surface area contributed by atoms with Gasteiger partial charge in [0.15, 0.2) is 0 Å². The van der Waals surface area contributed by atoms with Crippen LogP contribution in [0.1, 0.15) is 48.2 Å². The molecule has 1 aromatic heterocycles. The molecule has 0 bridgehead atoms. The Morgan fingerprint density at radius 1 is 1.48 bits per heavy atom. The number of esters is 1. The molecule has 114 valence electrons. The van der Waals surface area contributed by atoms with E-state index in [-0.39, 0.29) is 5.97 Å². The molecule has 2 fully saturated rings. The van der Waals surface area contributed by atoms with Crippen LogP contribution in [0.4, 0.5) is 5.82 Å². The van der Waals surface area contributed by atoms with Gasteiger partial charge < -0.3 is 15.4 Å². The first-order valence-electron chi connectivity index (χ1n) is 7.69. The molecule has 1 atom stereocenters. The smallest absolute Gasteiger partial charge is 0.339 e. The van der Waals surface area contributed by atoms with Gasteiger partial charge in [0.05, 0.1) is 18.4 Å². The van der Waals surface area contributed by atoms with E-state index in [4.69, 9.17) is 4.74 Å². The monoisotopic (exact) mass is 289 g/mol. The molecule has 1 saturated heterocycles. The number of aromatic nitrogens is 1. The standard InChI is InChI=1S/C16H23N3O2/c1-11-13(15(20)21-2)4-5-14(18-11)19-12-6-9-17-16(10-12)7-3-8-16/h4-5,12,17H,3,6-10H2,1-2H3,(H,18,19). The van der Waals surface area contributed by atoms with Gasteiger partial charge in [0.2, 0.25) is 0 Å². The molecule has 2 heterocycles. The van der Waals surface area contributed by atoms with Gasteiger partial charge in [0.1, 0.15) is 5.82 Å². The largest absolute Gasteiger partial charge is 0.465 e. The Morgan fingerprint density at radius 2 is 2.29 bits per heavy atom. The molecule has 0 radical (unpaired) electrons. The first-order valence-corrected chi connectivity index (χ1v) is 7.69. The zero-order chi connectivity index (χ0) is 14.9. The Hall–Kier alpha value is -1.62. The maximum Gasteiger partial charge on any atom is 0.339 e. The van der Waals surface area contributed by atoms with E-state index in [1.54, 1.807) is 6.07 Å². The summed E-state index contributed by atoms with van der Waals surface area (Å²) in [6.07, 6.45) is 6.19. The minimum atomic E-state index is -0.332. The summed E-state index contributed by atoms with van der Waals surface area (Å²) in [4.78, 5) is 16.1. The van der Waals surface area contributed by atoms with E-state index >= 15 is 0 Å². The topological polar surface area (TPSA) is 63.2 Å². The Bertz CT molecular complexity index is 540. The van der Waals surface area contributed by atoms with E-state index < -0.39 is 0 Å². The number of carbonyl (C=O) groups excluding carboxylic acids is 1. The number of hydrogen-bond donors (Lipinski definition) is 2. The van der Waals surface area contributed by atoms with Crippen molar-refractivity contribution < 1.29 is 9.53 Å². The molecule has 5 heteroatoms. The van der Waals surface area contributed by atoms with Crippen molar-refractivity contribution in [2.45, 2.75) is 50.6 Å². The van der Waals surface area contributed by atoms with Crippen molar-refractivity contribution in [2.75, 3.05) is 19.0 Å². The number of nitrogens with zero attached hydrogens (tertiary/aromatic N) is 1. The highest BCUT2D eigenvalue weighted by atomic mass is 16.5. The highest BCUT2D eigenvalue weighted by molar-refractivity contribution is 5.90. The van der Waals surface area contributed by atoms with Gasteiger partial charge in [-0.15, -0.1) is 0 Å². The fourth-order valence-electron chi connectivity index (χ4n) is 3.44. The minimum absolute atomic E-state index is 0.332. The maximum absolute atomic E-state index is 11.6. The van der Waals surface area contributed by atoms with Gasteiger partial charge in [-0.3, -0.25) is 0 Å². The maximum atomic E-state index is 11.6. The molecular formula is C16H23N3O2. The van der Waals surface area contributed by atoms with Crippen molar-refractivity contribution in [3.63, 3.8) is 0 Å². The molecule has 0 amide bonds. The Balaban J connectivity index is 1.67. The lowest BCUT2D eigenvalue weighted by atomic mass is 9.70. The van der Waals surface area contributed by atoms with Crippen LogP contribution < -0.4 is 10.6 Å². The number of carbonyl (C=O) groups is 1. The third-order valence-electron chi connectivity index (χ3n) is 4.78. The number of pyridine rings is 1. The summed E-state index contributed by atoms with van der Waals surface area (Å²) in [6.45, 7) is 2.91. The Labute approximate surface area is 125 Å². The van der Waals surface area contributed by atoms with Crippen molar-refractivity contribution in [3.8, 4) is 0 Å². The van der Waals surface area contributed by atoms with Gasteiger partial charge in [-0.2, -0.15) is 0 Å². The van der Waals surface area contributed by atoms with Crippen LogP contribution in [0, 0.1) is 6.92 Å². The third-order valence-corrected chi connectivity index (χ3v) is 4.78. The van der Waals surface area contributed by atoms with Crippen LogP contribution in [0.5, 0.6) is 0 Å². The molecule has 1 unspecified atom stereocenters. The molecule has 1 spiro atoms. The van der Waals surface area contributed by atoms with Crippen molar-refractivity contribution in [3.05, 3.63) is 23.4 Å². The summed E-state index contributed by atoms with van der Waals surface area (Å²) < 4.78 is 4.75. The fourth-order valence-corrected chi connectivity index (χ4v) is 3.44. The SMILES string of the molecule is COC(=O)c1ccc(NC2CCNC3(CCC3)C2)nc1C. The predicted octanol–water partition coefficient (Wildman–Crippen LogP) is 2.26. The molecular weight excluding hydrogens is 266 g/mol. The number of aryl methyl sites for hydroxylation is 1. The van der Waals surface area contributed by atoms with Crippen LogP contribution in [0.2, 0.25) is 0 Å². The summed E-state index contributed by atoms with van der Waals surface area (Å²) in [5.41, 5.74) is 1.61. The number of methoxy groups -OCH3 is 1. The van der Waals surface area contributed by atoms with Gasteiger partial charge in [-0.25, -0.2) is 9.78 Å². The van der Waals surface area contributed by atoms with Crippen LogP contribution in [-0.4, -0.2) is 36.2 Å². The molecule has 5 nitrogen and oxygen atoms in total. The van der Waals surface area contributed by atoms with Crippen LogP contribution in [0.15, 0.2) is 12.1 Å². The number of nitrogens with one attached hydrogen (secondary N) is 2. The van der Waals surface area contributed by atoms with Crippen molar-refractivity contribution in [1.82, 2.24) is 10.3 Å². The average molecular weight is 289 g/mol. The molecule has 3 rings (SSSR count). The molecule has 1 saturated carbocycles. The second kappa shape index (κ2) is 5.64. The van der Waals surface area contributed by atoms with Crippen LogP contribution >= 0.6 is 0 Å². The lowest BCUT2D eigenvalue weighted by Gasteiger charge is -2.48. The normalized spacial score (nSPS) is 23.4. The van der Waals surface area contributed by atoms with Crippen LogP contribution in [-0.2, 0) is 4.74 Å². The summed E-state index contributed by atoms with van der Waals surface area (Å²) in [6, 6.07) is 4.12. The molecule has 1 aromatic rings. The zero-order valence-corrected chi connectivity index (χ0v) is 12.7. The van der Waals surface area contributed by atoms with Crippen molar-refractivity contribution in [1.29, 1.82) is 0 Å². The first-order chi connectivity index (χ1) is 10.1. The Morgan fingerprint density at radius 3 is 2.90 bits per heavy atom. The van der Waals surface area contributed by atoms with Gasteiger partial charge >= 0.3 is 5.97 Å². The number of ether oxygens (including phenoxy) is 1. The quantitative estimate of drug-likeness (QED) is 0.836. The number of hydrogen-bond acceptors (Lipinski definition) is 5. The molecule has 21 heavy (non-hydrogen) atoms. The van der Waals surface area contributed by atoms with E-state index in [1.165, 1.54) is 26.4 Å². The van der Waals surface area contributed by atoms with E-state index in [9.17, 15) is 4.79 Å². The minimum Gasteiger partial charge on any atom is -0.465 e. The first kappa shape index (κ1) is 14.3. The highest BCUT2D eigenvalue weighted by Gasteiger charge is 2.40. The van der Waals surface area contributed by atoms with Crippen molar-refractivity contribution in [2.24, 2.45) is 0 Å². The number of anilines is 1. The zero-order valence-electron chi connectivity index (χ0n) is 12.7.